The second kappa shape index (κ2) is 30.1. The number of nitrogens with one attached hydrogen (secondary N) is 4. The Labute approximate surface area is 395 Å². The molecule has 6 amide bonds. The number of primary amides is 2. The van der Waals surface area contributed by atoms with Gasteiger partial charge in [0.05, 0.1) is 63.7 Å². The van der Waals surface area contributed by atoms with E-state index in [-0.39, 0.29) is 42.8 Å². The van der Waals surface area contributed by atoms with Gasteiger partial charge in [-0.25, -0.2) is 9.78 Å². The van der Waals surface area contributed by atoms with Gasteiger partial charge in [0.25, 0.3) is 0 Å². The number of hydrogen-bond donors (Lipinski definition) is 8. The van der Waals surface area contributed by atoms with E-state index in [1.54, 1.807) is 33.1 Å². The summed E-state index contributed by atoms with van der Waals surface area (Å²) in [5, 5.41) is 32.7. The highest BCUT2D eigenvalue weighted by molar-refractivity contribution is 5.91. The molecule has 0 aliphatic carbocycles. The number of aliphatic hydroxyl groups excluding tert-OH is 2. The zero-order valence-electron chi connectivity index (χ0n) is 40.6. The molecule has 1 fully saturated rings. The largest absolute Gasteiger partial charge is 0.497 e. The van der Waals surface area contributed by atoms with Crippen molar-refractivity contribution >= 4 is 35.4 Å². The zero-order valence-corrected chi connectivity index (χ0v) is 40.6. The predicted molar refractivity (Wildman–Crippen MR) is 252 cm³/mol. The molecular weight excluding hydrogens is 867 g/mol. The number of benzene rings is 2. The van der Waals surface area contributed by atoms with Crippen molar-refractivity contribution in [3.63, 3.8) is 0 Å². The molecule has 0 aromatic heterocycles. The van der Waals surface area contributed by atoms with E-state index in [1.807, 2.05) is 69.0 Å². The van der Waals surface area contributed by atoms with Gasteiger partial charge in [-0.2, -0.15) is 0 Å². The number of aliphatic hydroxyl groups is 2. The van der Waals surface area contributed by atoms with Gasteiger partial charge in [0.2, 0.25) is 35.4 Å². The van der Waals surface area contributed by atoms with Crippen LogP contribution in [0.25, 0.3) is 0 Å². The SMILES string of the molecule is CCC(O)C(Cc1ccc(OC)cc1)NC(=O)C(CC(N)=O)NC(C)=O.CCOOCCCCOc1ccc(CC(NC(=O)C(C)CC(N)=O)C(O)CN2CCCC2C(=O)NC(C)(C)C)cc1. The van der Waals surface area contributed by atoms with E-state index >= 15 is 0 Å². The molecule has 376 valence electrons. The molecule has 2 aromatic carbocycles. The van der Waals surface area contributed by atoms with Crippen molar-refractivity contribution in [3.8, 4) is 11.5 Å². The van der Waals surface area contributed by atoms with Crippen molar-refractivity contribution in [2.75, 3.05) is 40.0 Å². The summed E-state index contributed by atoms with van der Waals surface area (Å²) in [7, 11) is 1.57. The molecule has 7 atom stereocenters. The molecule has 3 rings (SSSR count). The Bertz CT molecular complexity index is 1810. The molecule has 10 N–H and O–H groups in total. The summed E-state index contributed by atoms with van der Waals surface area (Å²) in [6.45, 7) is 14.8. The van der Waals surface area contributed by atoms with Crippen LogP contribution in [0.2, 0.25) is 0 Å². The van der Waals surface area contributed by atoms with E-state index in [1.165, 1.54) is 6.92 Å². The van der Waals surface area contributed by atoms with Crippen molar-refractivity contribution in [2.24, 2.45) is 17.4 Å². The minimum absolute atomic E-state index is 0.0599. The van der Waals surface area contributed by atoms with Crippen molar-refractivity contribution in [3.05, 3.63) is 59.7 Å². The molecule has 1 heterocycles. The molecule has 19 heteroatoms. The van der Waals surface area contributed by atoms with Gasteiger partial charge in [-0.05, 0) is 115 Å². The van der Waals surface area contributed by atoms with Crippen LogP contribution in [0, 0.1) is 5.92 Å². The van der Waals surface area contributed by atoms with E-state index in [0.29, 0.717) is 57.8 Å². The summed E-state index contributed by atoms with van der Waals surface area (Å²) in [5.74, 6) is -1.90. The molecular formula is C48H77N7O12. The van der Waals surface area contributed by atoms with Crippen molar-refractivity contribution in [1.29, 1.82) is 0 Å². The zero-order chi connectivity index (χ0) is 50.1. The molecule has 0 radical (unpaired) electrons. The molecule has 67 heavy (non-hydrogen) atoms. The number of nitrogens with zero attached hydrogens (tertiary/aromatic N) is 1. The number of carbonyl (C=O) groups is 6. The molecule has 0 saturated carbocycles. The van der Waals surface area contributed by atoms with Gasteiger partial charge in [0.1, 0.15) is 17.5 Å². The lowest BCUT2D eigenvalue weighted by Crippen LogP contribution is -2.54. The van der Waals surface area contributed by atoms with E-state index < -0.39 is 59.9 Å². The number of hydrogen-bond acceptors (Lipinski definition) is 13. The second-order valence-corrected chi connectivity index (χ2v) is 17.8. The Balaban J connectivity index is 0.000000510. The summed E-state index contributed by atoms with van der Waals surface area (Å²) in [5.41, 5.74) is 11.9. The maximum absolute atomic E-state index is 12.9. The lowest BCUT2D eigenvalue weighted by molar-refractivity contribution is -0.291. The van der Waals surface area contributed by atoms with Gasteiger partial charge in [0, 0.05) is 31.3 Å². The number of amides is 6. The van der Waals surface area contributed by atoms with Crippen LogP contribution in [0.1, 0.15) is 105 Å². The van der Waals surface area contributed by atoms with Gasteiger partial charge < -0.3 is 52.4 Å². The van der Waals surface area contributed by atoms with Gasteiger partial charge in [-0.3, -0.25) is 33.7 Å². The smallest absolute Gasteiger partial charge is 0.243 e. The standard InChI is InChI=1S/C30H50N4O7.C18H27N3O5/c1-6-40-41-17-8-7-16-39-23-13-11-22(12-14-23)19-24(32-28(37)21(2)18-27(31)36)26(35)20-34-15-9-10-25(34)29(38)33-30(3,4)5;1-4-16(23)14(9-12-5-7-13(26-3)8-6-12)21-18(25)15(10-17(19)24)20-11(2)22/h11-14,21,24-26,35H,6-10,15-20H2,1-5H3,(H2,31,36)(H,32,37)(H,33,38);5-8,14-16,23H,4,9-10H2,1-3H3,(H2,19,24)(H,20,22)(H,21,25). The fourth-order valence-corrected chi connectivity index (χ4v) is 7.26. The second-order valence-electron chi connectivity index (χ2n) is 17.8. The van der Waals surface area contributed by atoms with Crippen LogP contribution >= 0.6 is 0 Å². The Morgan fingerprint density at radius 2 is 1.33 bits per heavy atom. The summed E-state index contributed by atoms with van der Waals surface area (Å²) < 4.78 is 10.9. The Kier molecular flexibility index (Phi) is 26.0. The van der Waals surface area contributed by atoms with Crippen molar-refractivity contribution in [2.45, 2.75) is 148 Å². The number of unbranched alkanes of at least 4 members (excludes halogenated alkanes) is 1. The topological polar surface area (TPSA) is 283 Å². The lowest BCUT2D eigenvalue weighted by atomic mass is 9.98. The van der Waals surface area contributed by atoms with E-state index in [9.17, 15) is 39.0 Å². The molecule has 1 aliphatic rings. The first-order valence-electron chi connectivity index (χ1n) is 23.1. The molecule has 2 aromatic rings. The number of methoxy groups -OCH3 is 1. The Hall–Kier alpha value is -5.34. The fraction of sp³-hybridized carbons (Fsp3) is 0.625. The highest BCUT2D eigenvalue weighted by atomic mass is 17.2. The Morgan fingerprint density at radius 1 is 0.776 bits per heavy atom. The van der Waals surface area contributed by atoms with E-state index in [0.717, 1.165) is 36.1 Å². The quantitative estimate of drug-likeness (QED) is 0.0345. The van der Waals surface area contributed by atoms with Crippen molar-refractivity contribution < 1.29 is 58.2 Å². The maximum atomic E-state index is 12.9. The van der Waals surface area contributed by atoms with Crippen LogP contribution in [0.5, 0.6) is 11.5 Å². The molecule has 1 aliphatic heterocycles. The van der Waals surface area contributed by atoms with Crippen molar-refractivity contribution in [1.82, 2.24) is 26.2 Å². The highest BCUT2D eigenvalue weighted by Crippen LogP contribution is 2.22. The number of likely N-dealkylation sites (tertiary alicyclic amines) is 1. The molecule has 7 unspecified atom stereocenters. The minimum Gasteiger partial charge on any atom is -0.497 e. The van der Waals surface area contributed by atoms with Crippen LogP contribution < -0.4 is 42.2 Å². The van der Waals surface area contributed by atoms with Crippen LogP contribution in [-0.2, 0) is 51.4 Å². The first-order chi connectivity index (χ1) is 31.7. The van der Waals surface area contributed by atoms with Crippen LogP contribution in [0.4, 0.5) is 0 Å². The Morgan fingerprint density at radius 3 is 1.85 bits per heavy atom. The number of ether oxygens (including phenoxy) is 2. The first-order valence-corrected chi connectivity index (χ1v) is 23.1. The predicted octanol–water partition coefficient (Wildman–Crippen LogP) is 1.97. The van der Waals surface area contributed by atoms with Gasteiger partial charge >= 0.3 is 0 Å². The van der Waals surface area contributed by atoms with Gasteiger partial charge in [-0.1, -0.05) is 38.1 Å². The van der Waals surface area contributed by atoms with Gasteiger partial charge in [0.15, 0.2) is 0 Å². The third kappa shape index (κ3) is 23.3. The summed E-state index contributed by atoms with van der Waals surface area (Å²) in [6.07, 6.45) is 2.25. The maximum Gasteiger partial charge on any atom is 0.243 e. The highest BCUT2D eigenvalue weighted by Gasteiger charge is 2.36. The summed E-state index contributed by atoms with van der Waals surface area (Å²) >= 11 is 0. The minimum atomic E-state index is -1.08. The lowest BCUT2D eigenvalue weighted by Gasteiger charge is -2.32. The number of nitrogens with two attached hydrogens (primary N) is 2. The van der Waals surface area contributed by atoms with Gasteiger partial charge in [-0.15, -0.1) is 0 Å². The summed E-state index contributed by atoms with van der Waals surface area (Å²) in [4.78, 5) is 83.9. The third-order valence-electron chi connectivity index (χ3n) is 10.7. The average molecular weight is 944 g/mol. The summed E-state index contributed by atoms with van der Waals surface area (Å²) in [6, 6.07) is 12.2. The van der Waals surface area contributed by atoms with E-state index in [4.69, 9.17) is 30.7 Å². The fourth-order valence-electron chi connectivity index (χ4n) is 7.26. The number of β-amino-alcohol motifs (C(OH)–C–C–N with tert-alkyl or cyclic N) is 1. The monoisotopic (exact) mass is 944 g/mol. The molecule has 0 spiro atoms. The third-order valence-corrected chi connectivity index (χ3v) is 10.7. The molecule has 1 saturated heterocycles. The van der Waals surface area contributed by atoms with Crippen LogP contribution in [-0.4, -0.2) is 132 Å². The van der Waals surface area contributed by atoms with Crippen LogP contribution in [0.3, 0.4) is 0 Å². The first kappa shape index (κ1) is 57.8. The number of carbonyl (C=O) groups excluding carboxylic acids is 6. The van der Waals surface area contributed by atoms with E-state index in [2.05, 4.69) is 21.3 Å². The van der Waals surface area contributed by atoms with Crippen LogP contribution in [0.15, 0.2) is 48.5 Å². The normalized spacial score (nSPS) is 16.4. The number of rotatable bonds is 28. The average Bonchev–Trinajstić information content (AvgIpc) is 3.73. The molecule has 19 nitrogen and oxygen atoms in total. The molecule has 0 bridgehead atoms.